The molecule has 0 aliphatic rings. The Bertz CT molecular complexity index is 2860. The van der Waals surface area contributed by atoms with Crippen molar-refractivity contribution < 1.29 is 8.83 Å². The van der Waals surface area contributed by atoms with Crippen LogP contribution in [0, 0.1) is 0 Å². The number of fused-ring (bicyclic) bond motifs is 6. The Morgan fingerprint density at radius 1 is 0.280 bits per heavy atom. The van der Waals surface area contributed by atoms with Crippen molar-refractivity contribution in [1.29, 1.82) is 0 Å². The molecule has 0 atom stereocenters. The fourth-order valence-corrected chi connectivity index (χ4v) is 6.88. The normalized spacial score (nSPS) is 11.6. The second-order valence-electron chi connectivity index (χ2n) is 12.4. The van der Waals surface area contributed by atoms with Crippen LogP contribution in [0.3, 0.4) is 0 Å². The average Bonchev–Trinajstić information content (AvgIpc) is 3.75. The van der Waals surface area contributed by atoms with Crippen LogP contribution < -0.4 is 0 Å². The molecule has 234 valence electrons. The molecule has 5 nitrogen and oxygen atoms in total. The molecule has 0 saturated heterocycles. The van der Waals surface area contributed by atoms with Gasteiger partial charge in [0, 0.05) is 38.2 Å². The minimum Gasteiger partial charge on any atom is -0.456 e. The molecule has 5 heteroatoms. The number of furan rings is 2. The summed E-state index contributed by atoms with van der Waals surface area (Å²) >= 11 is 0. The van der Waals surface area contributed by atoms with Gasteiger partial charge in [0.05, 0.1) is 0 Å². The summed E-state index contributed by atoms with van der Waals surface area (Å²) in [5.74, 6) is 1.77. The maximum atomic E-state index is 6.33. The van der Waals surface area contributed by atoms with Gasteiger partial charge in [-0.15, -0.1) is 0 Å². The fraction of sp³-hybridized carbons (Fsp3) is 0. The molecular formula is C45H27N3O2. The number of nitrogens with zero attached hydrogens (tertiary/aromatic N) is 3. The maximum absolute atomic E-state index is 6.33. The van der Waals surface area contributed by atoms with Crippen LogP contribution in [-0.4, -0.2) is 15.0 Å². The molecule has 10 rings (SSSR count). The van der Waals surface area contributed by atoms with E-state index < -0.39 is 0 Å². The average molecular weight is 642 g/mol. The SMILES string of the molecule is c1ccc(-c2ccc3oc4ccc(-c5nc(-c6ccccc6)nc(-c6cc7c(cc6-c6ccccc6)oc6ccccc67)n5)cc4c3c2)cc1. The second-order valence-corrected chi connectivity index (χ2v) is 12.4. The molecule has 3 aromatic heterocycles. The highest BCUT2D eigenvalue weighted by molar-refractivity contribution is 6.09. The summed E-state index contributed by atoms with van der Waals surface area (Å²) in [6, 6.07) is 55.7. The van der Waals surface area contributed by atoms with Crippen molar-refractivity contribution in [2.45, 2.75) is 0 Å². The largest absolute Gasteiger partial charge is 0.456 e. The number of para-hydroxylation sites is 1. The predicted octanol–water partition coefficient (Wildman–Crippen LogP) is 12.0. The lowest BCUT2D eigenvalue weighted by atomic mass is 9.96. The summed E-state index contributed by atoms with van der Waals surface area (Å²) in [6.45, 7) is 0. The zero-order valence-electron chi connectivity index (χ0n) is 26.7. The van der Waals surface area contributed by atoms with Gasteiger partial charge in [-0.05, 0) is 70.8 Å². The zero-order valence-corrected chi connectivity index (χ0v) is 26.7. The Hall–Kier alpha value is -6.85. The highest BCUT2D eigenvalue weighted by Crippen LogP contribution is 2.40. The highest BCUT2D eigenvalue weighted by atomic mass is 16.3. The van der Waals surface area contributed by atoms with E-state index in [0.717, 1.165) is 82.8 Å². The number of benzene rings is 7. The number of aromatic nitrogens is 3. The first-order valence-corrected chi connectivity index (χ1v) is 16.6. The molecular weight excluding hydrogens is 615 g/mol. The third kappa shape index (κ3) is 4.75. The molecule has 0 radical (unpaired) electrons. The Balaban J connectivity index is 1.21. The van der Waals surface area contributed by atoms with Crippen LogP contribution in [0.2, 0.25) is 0 Å². The number of rotatable bonds is 5. The van der Waals surface area contributed by atoms with Gasteiger partial charge in [-0.2, -0.15) is 0 Å². The van der Waals surface area contributed by atoms with Gasteiger partial charge >= 0.3 is 0 Å². The minimum atomic E-state index is 0.584. The molecule has 0 fully saturated rings. The monoisotopic (exact) mass is 641 g/mol. The Morgan fingerprint density at radius 2 is 0.780 bits per heavy atom. The predicted molar refractivity (Wildman–Crippen MR) is 202 cm³/mol. The first-order valence-electron chi connectivity index (χ1n) is 16.6. The van der Waals surface area contributed by atoms with E-state index in [1.54, 1.807) is 0 Å². The van der Waals surface area contributed by atoms with Crippen molar-refractivity contribution in [1.82, 2.24) is 15.0 Å². The topological polar surface area (TPSA) is 65.0 Å². The van der Waals surface area contributed by atoms with Gasteiger partial charge in [-0.3, -0.25) is 0 Å². The van der Waals surface area contributed by atoms with Gasteiger partial charge in [0.25, 0.3) is 0 Å². The summed E-state index contributed by atoms with van der Waals surface area (Å²) in [4.78, 5) is 15.4. The van der Waals surface area contributed by atoms with Gasteiger partial charge in [0.15, 0.2) is 17.5 Å². The third-order valence-electron chi connectivity index (χ3n) is 9.34. The van der Waals surface area contributed by atoms with Crippen molar-refractivity contribution >= 4 is 43.9 Å². The molecule has 0 aliphatic heterocycles. The molecule has 50 heavy (non-hydrogen) atoms. The van der Waals surface area contributed by atoms with Crippen molar-refractivity contribution in [3.05, 3.63) is 164 Å². The van der Waals surface area contributed by atoms with E-state index in [0.29, 0.717) is 17.5 Å². The van der Waals surface area contributed by atoms with Crippen molar-refractivity contribution in [2.75, 3.05) is 0 Å². The minimum absolute atomic E-state index is 0.584. The van der Waals surface area contributed by atoms with Crippen molar-refractivity contribution in [3.8, 4) is 56.4 Å². The van der Waals surface area contributed by atoms with E-state index in [1.165, 1.54) is 0 Å². The van der Waals surface area contributed by atoms with Crippen LogP contribution in [0.1, 0.15) is 0 Å². The fourth-order valence-electron chi connectivity index (χ4n) is 6.88. The van der Waals surface area contributed by atoms with Crippen molar-refractivity contribution in [2.24, 2.45) is 0 Å². The maximum Gasteiger partial charge on any atom is 0.164 e. The Kier molecular flexibility index (Phi) is 6.42. The molecule has 0 spiro atoms. The van der Waals surface area contributed by atoms with E-state index in [2.05, 4.69) is 72.8 Å². The molecule has 3 heterocycles. The first-order chi connectivity index (χ1) is 24.7. The molecule has 7 aromatic carbocycles. The number of hydrogen-bond donors (Lipinski definition) is 0. The van der Waals surface area contributed by atoms with Crippen LogP contribution in [0.25, 0.3) is 100 Å². The van der Waals surface area contributed by atoms with E-state index >= 15 is 0 Å². The molecule has 0 saturated carbocycles. The molecule has 0 unspecified atom stereocenters. The third-order valence-corrected chi connectivity index (χ3v) is 9.34. The van der Waals surface area contributed by atoms with Crippen LogP contribution >= 0.6 is 0 Å². The molecule has 0 amide bonds. The first kappa shape index (κ1) is 28.2. The van der Waals surface area contributed by atoms with E-state index in [1.807, 2.05) is 91.0 Å². The molecule has 10 aromatic rings. The lowest BCUT2D eigenvalue weighted by Crippen LogP contribution is -2.01. The van der Waals surface area contributed by atoms with Crippen LogP contribution in [0.5, 0.6) is 0 Å². The van der Waals surface area contributed by atoms with E-state index in [-0.39, 0.29) is 0 Å². The quantitative estimate of drug-likeness (QED) is 0.187. The summed E-state index contributed by atoms with van der Waals surface area (Å²) in [7, 11) is 0. The van der Waals surface area contributed by atoms with Gasteiger partial charge in [0.1, 0.15) is 22.3 Å². The lowest BCUT2D eigenvalue weighted by molar-refractivity contribution is 0.668. The van der Waals surface area contributed by atoms with Crippen LogP contribution in [-0.2, 0) is 0 Å². The summed E-state index contributed by atoms with van der Waals surface area (Å²) in [6.07, 6.45) is 0. The van der Waals surface area contributed by atoms with Gasteiger partial charge < -0.3 is 8.83 Å². The number of hydrogen-bond acceptors (Lipinski definition) is 5. The van der Waals surface area contributed by atoms with Crippen molar-refractivity contribution in [3.63, 3.8) is 0 Å². The van der Waals surface area contributed by atoms with E-state index in [4.69, 9.17) is 23.8 Å². The molecule has 0 bridgehead atoms. The summed E-state index contributed by atoms with van der Waals surface area (Å²) in [5.41, 5.74) is 10.3. The Labute approximate surface area is 287 Å². The summed E-state index contributed by atoms with van der Waals surface area (Å²) in [5, 5.41) is 4.12. The Morgan fingerprint density at radius 3 is 1.50 bits per heavy atom. The van der Waals surface area contributed by atoms with Gasteiger partial charge in [-0.25, -0.2) is 15.0 Å². The second kappa shape index (κ2) is 11.4. The highest BCUT2D eigenvalue weighted by Gasteiger charge is 2.20. The van der Waals surface area contributed by atoms with Crippen LogP contribution in [0.15, 0.2) is 173 Å². The molecule has 0 aliphatic carbocycles. The summed E-state index contributed by atoms with van der Waals surface area (Å²) < 4.78 is 12.6. The lowest BCUT2D eigenvalue weighted by Gasteiger charge is -2.12. The van der Waals surface area contributed by atoms with Gasteiger partial charge in [-0.1, -0.05) is 115 Å². The molecule has 0 N–H and O–H groups in total. The zero-order chi connectivity index (χ0) is 33.0. The van der Waals surface area contributed by atoms with Crippen LogP contribution in [0.4, 0.5) is 0 Å². The van der Waals surface area contributed by atoms with E-state index in [9.17, 15) is 0 Å². The standard InChI is InChI=1S/C45H27N3O2/c1-4-12-28(13-5-1)31-20-22-40-35(24-31)36-25-32(21-23-41(36)49-40)44-46-43(30-16-8-3-9-17-30)47-45(48-44)38-26-37-33-18-10-11-19-39(33)50-42(37)27-34(38)29-14-6-2-7-15-29/h1-27H. The smallest absolute Gasteiger partial charge is 0.164 e. The van der Waals surface area contributed by atoms with Gasteiger partial charge in [0.2, 0.25) is 0 Å².